The van der Waals surface area contributed by atoms with Crippen LogP contribution in [-0.2, 0) is 14.4 Å². The molecule has 1 amide bonds. The first-order valence-electron chi connectivity index (χ1n) is 9.10. The number of hydrogen-bond acceptors (Lipinski definition) is 3. The topological polar surface area (TPSA) is 104 Å². The molecule has 6 heteroatoms. The van der Waals surface area contributed by atoms with Gasteiger partial charge in [-0.1, -0.05) is 58.8 Å². The van der Waals surface area contributed by atoms with Crippen LogP contribution in [0.5, 0.6) is 0 Å². The van der Waals surface area contributed by atoms with Crippen LogP contribution >= 0.6 is 0 Å². The molecule has 0 saturated heterocycles. The second kappa shape index (κ2) is 13.8. The highest BCUT2D eigenvalue weighted by Crippen LogP contribution is 2.15. The zero-order valence-corrected chi connectivity index (χ0v) is 15.1. The SMILES string of the molecule is CCCC(NC(=O)CCCCCCCCC(C)CC(=O)O)C(=O)O. The van der Waals surface area contributed by atoms with Gasteiger partial charge in [0.15, 0.2) is 0 Å². The number of carbonyl (C=O) groups excluding carboxylic acids is 1. The smallest absolute Gasteiger partial charge is 0.326 e. The third-order valence-corrected chi connectivity index (χ3v) is 4.08. The Morgan fingerprint density at radius 2 is 1.50 bits per heavy atom. The van der Waals surface area contributed by atoms with Gasteiger partial charge in [0.25, 0.3) is 0 Å². The molecule has 0 aliphatic carbocycles. The molecule has 140 valence electrons. The number of carboxylic acids is 2. The summed E-state index contributed by atoms with van der Waals surface area (Å²) in [5, 5.41) is 20.2. The molecule has 0 saturated carbocycles. The lowest BCUT2D eigenvalue weighted by Crippen LogP contribution is -2.40. The molecular formula is C18H33NO5. The minimum Gasteiger partial charge on any atom is -0.481 e. The van der Waals surface area contributed by atoms with E-state index in [1.165, 1.54) is 0 Å². The van der Waals surface area contributed by atoms with Gasteiger partial charge in [0.2, 0.25) is 5.91 Å². The van der Waals surface area contributed by atoms with Crippen molar-refractivity contribution >= 4 is 17.8 Å². The van der Waals surface area contributed by atoms with E-state index in [-0.39, 0.29) is 18.2 Å². The Bertz CT molecular complexity index is 384. The first kappa shape index (κ1) is 22.4. The molecule has 0 spiro atoms. The maximum atomic E-state index is 11.7. The summed E-state index contributed by atoms with van der Waals surface area (Å²) in [4.78, 5) is 33.2. The van der Waals surface area contributed by atoms with Crippen molar-refractivity contribution < 1.29 is 24.6 Å². The van der Waals surface area contributed by atoms with Gasteiger partial charge in [0.05, 0.1) is 0 Å². The maximum absolute atomic E-state index is 11.7. The van der Waals surface area contributed by atoms with E-state index >= 15 is 0 Å². The Labute approximate surface area is 145 Å². The van der Waals surface area contributed by atoms with Crippen LogP contribution < -0.4 is 5.32 Å². The highest BCUT2D eigenvalue weighted by Gasteiger charge is 2.18. The number of nitrogens with one attached hydrogen (secondary N) is 1. The zero-order chi connectivity index (χ0) is 18.4. The molecule has 0 radical (unpaired) electrons. The van der Waals surface area contributed by atoms with Crippen LogP contribution in [-0.4, -0.2) is 34.1 Å². The monoisotopic (exact) mass is 343 g/mol. The molecule has 24 heavy (non-hydrogen) atoms. The van der Waals surface area contributed by atoms with Gasteiger partial charge in [0.1, 0.15) is 6.04 Å². The predicted octanol–water partition coefficient (Wildman–Crippen LogP) is 3.59. The number of amides is 1. The molecule has 0 heterocycles. The van der Waals surface area contributed by atoms with Crippen molar-refractivity contribution in [3.8, 4) is 0 Å². The molecule has 0 aromatic rings. The number of aliphatic carboxylic acids is 2. The van der Waals surface area contributed by atoms with E-state index in [9.17, 15) is 14.4 Å². The summed E-state index contributed by atoms with van der Waals surface area (Å²) in [5.74, 6) is -1.65. The summed E-state index contributed by atoms with van der Waals surface area (Å²) >= 11 is 0. The molecule has 0 fully saturated rings. The Hall–Kier alpha value is -1.59. The van der Waals surface area contributed by atoms with Gasteiger partial charge in [-0.25, -0.2) is 4.79 Å². The molecule has 6 nitrogen and oxygen atoms in total. The van der Waals surface area contributed by atoms with Crippen LogP contribution in [0.1, 0.15) is 84.5 Å². The second-order valence-corrected chi connectivity index (χ2v) is 6.61. The number of carbonyl (C=O) groups is 3. The first-order valence-corrected chi connectivity index (χ1v) is 9.10. The molecule has 0 rings (SSSR count). The molecule has 0 bridgehead atoms. The van der Waals surface area contributed by atoms with Crippen molar-refractivity contribution in [1.82, 2.24) is 5.32 Å². The lowest BCUT2D eigenvalue weighted by molar-refractivity contribution is -0.142. The molecule has 0 aromatic heterocycles. The van der Waals surface area contributed by atoms with Gasteiger partial charge in [0, 0.05) is 12.8 Å². The average molecular weight is 343 g/mol. The van der Waals surface area contributed by atoms with Crippen LogP contribution in [0.2, 0.25) is 0 Å². The van der Waals surface area contributed by atoms with Gasteiger partial charge < -0.3 is 15.5 Å². The third-order valence-electron chi connectivity index (χ3n) is 4.08. The number of rotatable bonds is 15. The molecule has 0 aliphatic heterocycles. The molecular weight excluding hydrogens is 310 g/mol. The normalized spacial score (nSPS) is 13.2. The van der Waals surface area contributed by atoms with Crippen LogP contribution in [0.25, 0.3) is 0 Å². The van der Waals surface area contributed by atoms with E-state index in [1.807, 2.05) is 13.8 Å². The quantitative estimate of drug-likeness (QED) is 0.394. The fourth-order valence-electron chi connectivity index (χ4n) is 2.70. The van der Waals surface area contributed by atoms with Gasteiger partial charge in [-0.15, -0.1) is 0 Å². The minimum absolute atomic E-state index is 0.182. The van der Waals surface area contributed by atoms with Gasteiger partial charge in [-0.05, 0) is 18.8 Å². The summed E-state index contributed by atoms with van der Waals surface area (Å²) in [6.45, 7) is 3.86. The fourth-order valence-corrected chi connectivity index (χ4v) is 2.70. The van der Waals surface area contributed by atoms with Gasteiger partial charge in [-0.3, -0.25) is 9.59 Å². The molecule has 0 aliphatic rings. The number of carboxylic acid groups (broad SMARTS) is 2. The summed E-state index contributed by atoms with van der Waals surface area (Å²) in [6.07, 6.45) is 8.77. The zero-order valence-electron chi connectivity index (χ0n) is 15.1. The summed E-state index contributed by atoms with van der Waals surface area (Å²) < 4.78 is 0. The van der Waals surface area contributed by atoms with E-state index in [4.69, 9.17) is 10.2 Å². The molecule has 2 unspecified atom stereocenters. The summed E-state index contributed by atoms with van der Waals surface area (Å²) in [5.41, 5.74) is 0. The Balaban J connectivity index is 3.57. The van der Waals surface area contributed by atoms with Crippen molar-refractivity contribution in [2.75, 3.05) is 0 Å². The van der Waals surface area contributed by atoms with E-state index < -0.39 is 18.0 Å². The minimum atomic E-state index is -0.970. The Kier molecular flexibility index (Phi) is 12.9. The lowest BCUT2D eigenvalue weighted by Gasteiger charge is -2.13. The highest BCUT2D eigenvalue weighted by molar-refractivity contribution is 5.83. The lowest BCUT2D eigenvalue weighted by atomic mass is 9.99. The van der Waals surface area contributed by atoms with E-state index in [0.29, 0.717) is 12.8 Å². The van der Waals surface area contributed by atoms with E-state index in [1.54, 1.807) is 0 Å². The average Bonchev–Trinajstić information content (AvgIpc) is 2.48. The van der Waals surface area contributed by atoms with Crippen LogP contribution in [0.3, 0.4) is 0 Å². The molecule has 2 atom stereocenters. The molecule has 3 N–H and O–H groups in total. The van der Waals surface area contributed by atoms with Crippen molar-refractivity contribution in [3.05, 3.63) is 0 Å². The van der Waals surface area contributed by atoms with Gasteiger partial charge >= 0.3 is 11.9 Å². The Morgan fingerprint density at radius 1 is 0.917 bits per heavy atom. The van der Waals surface area contributed by atoms with Gasteiger partial charge in [-0.2, -0.15) is 0 Å². The summed E-state index contributed by atoms with van der Waals surface area (Å²) in [7, 11) is 0. The molecule has 0 aromatic carbocycles. The third kappa shape index (κ3) is 12.9. The van der Waals surface area contributed by atoms with E-state index in [0.717, 1.165) is 51.4 Å². The van der Waals surface area contributed by atoms with E-state index in [2.05, 4.69) is 5.32 Å². The standard InChI is InChI=1S/C18H33NO5/c1-3-10-15(18(23)24)19-16(20)12-9-7-5-4-6-8-11-14(2)13-17(21)22/h14-15H,3-13H2,1-2H3,(H,19,20)(H,21,22)(H,23,24). The van der Waals surface area contributed by atoms with Crippen LogP contribution in [0, 0.1) is 5.92 Å². The van der Waals surface area contributed by atoms with Crippen molar-refractivity contribution in [2.45, 2.75) is 90.5 Å². The van der Waals surface area contributed by atoms with Crippen molar-refractivity contribution in [3.63, 3.8) is 0 Å². The summed E-state index contributed by atoms with van der Waals surface area (Å²) in [6, 6.07) is -0.768. The largest absolute Gasteiger partial charge is 0.481 e. The number of unbranched alkanes of at least 4 members (excludes halogenated alkanes) is 5. The predicted molar refractivity (Wildman–Crippen MR) is 92.8 cm³/mol. The maximum Gasteiger partial charge on any atom is 0.326 e. The first-order chi connectivity index (χ1) is 11.4. The van der Waals surface area contributed by atoms with Crippen LogP contribution in [0.15, 0.2) is 0 Å². The number of hydrogen-bond donors (Lipinski definition) is 3. The highest BCUT2D eigenvalue weighted by atomic mass is 16.4. The second-order valence-electron chi connectivity index (χ2n) is 6.61. The Morgan fingerprint density at radius 3 is 2.04 bits per heavy atom. The van der Waals surface area contributed by atoms with Crippen LogP contribution in [0.4, 0.5) is 0 Å². The van der Waals surface area contributed by atoms with Crippen molar-refractivity contribution in [1.29, 1.82) is 0 Å². The fraction of sp³-hybridized carbons (Fsp3) is 0.833. The van der Waals surface area contributed by atoms with Crippen molar-refractivity contribution in [2.24, 2.45) is 5.92 Å².